The Balaban J connectivity index is 1.94. The number of aliphatic hydroxyl groups is 1. The number of amides is 2. The lowest BCUT2D eigenvalue weighted by molar-refractivity contribution is -0.116. The summed E-state index contributed by atoms with van der Waals surface area (Å²) in [5, 5.41) is 16.9. The molecule has 0 saturated heterocycles. The molecule has 0 unspecified atom stereocenters. The predicted octanol–water partition coefficient (Wildman–Crippen LogP) is 3.69. The molecule has 0 aliphatic carbocycles. The largest absolute Gasteiger partial charge is 0.490 e. The minimum Gasteiger partial charge on any atom is -0.490 e. The number of hydrogen-bond donors (Lipinski definition) is 2. The van der Waals surface area contributed by atoms with E-state index in [9.17, 15) is 23.1 Å². The number of likely N-dealkylation sites (N-methyl/N-ethyl adjacent to an activating group) is 1. The monoisotopic (exact) mass is 679 g/mol. The third kappa shape index (κ3) is 10.5. The maximum Gasteiger partial charge on any atom is 0.258 e. The summed E-state index contributed by atoms with van der Waals surface area (Å²) in [6.07, 6.45) is 2.50. The first kappa shape index (κ1) is 38.4. The molecule has 1 aliphatic heterocycles. The van der Waals surface area contributed by atoms with Crippen molar-refractivity contribution in [2.45, 2.75) is 89.9 Å². The second kappa shape index (κ2) is 17.4. The molecule has 4 atom stereocenters. The smallest absolute Gasteiger partial charge is 0.258 e. The molecular formula is C33H53N5O8S. The number of benzene rings is 1. The van der Waals surface area contributed by atoms with Crippen molar-refractivity contribution < 1.29 is 37.1 Å². The minimum atomic E-state index is -3.94. The lowest BCUT2D eigenvalue weighted by Gasteiger charge is -2.35. The number of anilines is 1. The number of nitrogens with one attached hydrogen (secondary N) is 1. The van der Waals surface area contributed by atoms with Gasteiger partial charge in [-0.25, -0.2) is 8.42 Å². The number of aryl methyl sites for hydroxylation is 2. The zero-order chi connectivity index (χ0) is 34.9. The molecule has 0 fully saturated rings. The quantitative estimate of drug-likeness (QED) is 0.359. The fraction of sp³-hybridized carbons (Fsp3) is 0.667. The van der Waals surface area contributed by atoms with Gasteiger partial charge in [-0.05, 0) is 92.2 Å². The third-order valence-corrected chi connectivity index (χ3v) is 10.5. The average Bonchev–Trinajstić information content (AvgIpc) is 3.36. The number of aromatic nitrogens is 1. The van der Waals surface area contributed by atoms with Crippen molar-refractivity contribution in [1.82, 2.24) is 19.3 Å². The Kier molecular flexibility index (Phi) is 14.2. The van der Waals surface area contributed by atoms with Gasteiger partial charge in [0, 0.05) is 44.8 Å². The number of hydrogen-bond acceptors (Lipinski definition) is 10. The van der Waals surface area contributed by atoms with Crippen LogP contribution in [0.3, 0.4) is 0 Å². The van der Waals surface area contributed by atoms with Crippen LogP contribution in [0.4, 0.5) is 5.69 Å². The maximum atomic E-state index is 14.3. The normalized spacial score (nSPS) is 20.9. The molecule has 264 valence electrons. The molecule has 3 rings (SSSR count). The summed E-state index contributed by atoms with van der Waals surface area (Å²) < 4.78 is 46.0. The van der Waals surface area contributed by atoms with Gasteiger partial charge in [-0.3, -0.25) is 9.59 Å². The van der Waals surface area contributed by atoms with Gasteiger partial charge in [-0.2, -0.15) is 4.31 Å². The van der Waals surface area contributed by atoms with E-state index in [0.29, 0.717) is 37.3 Å². The fourth-order valence-corrected chi connectivity index (χ4v) is 7.06. The standard InChI is InChI=1S/C33H53N5O8S/c1-22-19-38(23(2)21-39)33(41)28-18-27(34-31(40)13-11-16-36(6)7)14-15-29(28)45-24(3)12-9-10-17-44-30(22)20-37(8)47(42,43)32-25(4)35-46-26(32)5/h14-15,18,22-24,30,39H,9-13,16-17,19-21H2,1-8H3,(H,34,40)/t22-,23+,24+,30+/m0/s1. The van der Waals surface area contributed by atoms with Gasteiger partial charge in [-0.1, -0.05) is 12.1 Å². The molecule has 0 radical (unpaired) electrons. The summed E-state index contributed by atoms with van der Waals surface area (Å²) in [6, 6.07) is 4.49. The van der Waals surface area contributed by atoms with E-state index in [4.69, 9.17) is 14.0 Å². The van der Waals surface area contributed by atoms with Crippen LogP contribution in [0.5, 0.6) is 5.75 Å². The maximum absolute atomic E-state index is 14.3. The van der Waals surface area contributed by atoms with Gasteiger partial charge < -0.3 is 34.2 Å². The number of carbonyl (C=O) groups is 2. The van der Waals surface area contributed by atoms with Crippen LogP contribution in [0.2, 0.25) is 0 Å². The highest BCUT2D eigenvalue weighted by atomic mass is 32.2. The first-order valence-corrected chi connectivity index (χ1v) is 17.8. The number of aliphatic hydroxyl groups excluding tert-OH is 1. The highest BCUT2D eigenvalue weighted by Crippen LogP contribution is 2.29. The zero-order valence-electron chi connectivity index (χ0n) is 29.1. The van der Waals surface area contributed by atoms with Gasteiger partial charge in [0.1, 0.15) is 16.3 Å². The molecule has 14 heteroatoms. The molecule has 2 N–H and O–H groups in total. The molecule has 13 nitrogen and oxygen atoms in total. The van der Waals surface area contributed by atoms with E-state index >= 15 is 0 Å². The van der Waals surface area contributed by atoms with Crippen molar-refractivity contribution >= 4 is 27.5 Å². The van der Waals surface area contributed by atoms with Crippen molar-refractivity contribution in [3.63, 3.8) is 0 Å². The van der Waals surface area contributed by atoms with Crippen LogP contribution in [0.1, 0.15) is 74.7 Å². The van der Waals surface area contributed by atoms with Crippen molar-refractivity contribution in [3.8, 4) is 5.75 Å². The fourth-order valence-electron chi connectivity index (χ4n) is 5.59. The van der Waals surface area contributed by atoms with Crippen molar-refractivity contribution in [2.24, 2.45) is 5.92 Å². The van der Waals surface area contributed by atoms with Gasteiger partial charge in [0.2, 0.25) is 15.9 Å². The molecule has 0 spiro atoms. The Labute approximate surface area is 279 Å². The van der Waals surface area contributed by atoms with Gasteiger partial charge >= 0.3 is 0 Å². The van der Waals surface area contributed by atoms with E-state index < -0.39 is 22.2 Å². The van der Waals surface area contributed by atoms with Crippen LogP contribution in [0, 0.1) is 19.8 Å². The van der Waals surface area contributed by atoms with Crippen LogP contribution < -0.4 is 10.1 Å². The number of carbonyl (C=O) groups excluding carboxylic acids is 2. The molecule has 47 heavy (non-hydrogen) atoms. The number of rotatable bonds is 11. The van der Waals surface area contributed by atoms with Crippen molar-refractivity contribution in [3.05, 3.63) is 35.2 Å². The van der Waals surface area contributed by atoms with E-state index in [1.807, 2.05) is 32.8 Å². The summed E-state index contributed by atoms with van der Waals surface area (Å²) in [5.74, 6) is -0.259. The highest BCUT2D eigenvalue weighted by molar-refractivity contribution is 7.89. The number of ether oxygens (including phenoxy) is 2. The van der Waals surface area contributed by atoms with Crippen molar-refractivity contribution in [1.29, 1.82) is 0 Å². The number of nitrogens with zero attached hydrogens (tertiary/aromatic N) is 4. The summed E-state index contributed by atoms with van der Waals surface area (Å²) in [4.78, 5) is 30.6. The zero-order valence-corrected chi connectivity index (χ0v) is 29.9. The topological polar surface area (TPSA) is 155 Å². The third-order valence-electron chi connectivity index (χ3n) is 8.42. The van der Waals surface area contributed by atoms with Gasteiger partial charge in [0.05, 0.1) is 30.4 Å². The summed E-state index contributed by atoms with van der Waals surface area (Å²) in [5.41, 5.74) is 1.02. The minimum absolute atomic E-state index is 0.0310. The van der Waals surface area contributed by atoms with E-state index in [1.165, 1.54) is 11.4 Å². The first-order valence-electron chi connectivity index (χ1n) is 16.3. The Morgan fingerprint density at radius 2 is 1.91 bits per heavy atom. The average molecular weight is 680 g/mol. The SMILES string of the molecule is Cc1noc(C)c1S(=O)(=O)N(C)C[C@H]1OCCCC[C@@H](C)Oc2ccc(NC(=O)CCCN(C)C)cc2C(=O)N([C@H](C)CO)C[C@@H]1C. The van der Waals surface area contributed by atoms with Crippen LogP contribution >= 0.6 is 0 Å². The Hall–Kier alpha value is -3.04. The molecule has 1 aliphatic rings. The van der Waals surface area contributed by atoms with E-state index in [0.717, 1.165) is 19.4 Å². The summed E-state index contributed by atoms with van der Waals surface area (Å²) >= 11 is 0. The molecule has 2 amide bonds. The van der Waals surface area contributed by atoms with Crippen LogP contribution in [0.15, 0.2) is 27.6 Å². The molecule has 2 heterocycles. The van der Waals surface area contributed by atoms with Gasteiger partial charge in [-0.15, -0.1) is 0 Å². The molecular weight excluding hydrogens is 626 g/mol. The first-order chi connectivity index (χ1) is 22.1. The molecule has 1 aromatic heterocycles. The molecule has 0 saturated carbocycles. The molecule has 0 bridgehead atoms. The second-order valence-electron chi connectivity index (χ2n) is 12.9. The Morgan fingerprint density at radius 3 is 2.55 bits per heavy atom. The number of fused-ring (bicyclic) bond motifs is 1. The predicted molar refractivity (Wildman–Crippen MR) is 179 cm³/mol. The van der Waals surface area contributed by atoms with Gasteiger partial charge in [0.25, 0.3) is 5.91 Å². The van der Waals surface area contributed by atoms with E-state index in [-0.39, 0.29) is 65.4 Å². The Morgan fingerprint density at radius 1 is 1.19 bits per heavy atom. The lowest BCUT2D eigenvalue weighted by Crippen LogP contribution is -2.48. The lowest BCUT2D eigenvalue weighted by atomic mass is 10.0. The number of sulfonamides is 1. The van der Waals surface area contributed by atoms with E-state index in [1.54, 1.807) is 43.9 Å². The summed E-state index contributed by atoms with van der Waals surface area (Å²) in [7, 11) is 1.46. The van der Waals surface area contributed by atoms with Crippen LogP contribution in [-0.4, -0.2) is 117 Å². The van der Waals surface area contributed by atoms with Crippen molar-refractivity contribution in [2.75, 3.05) is 59.3 Å². The van der Waals surface area contributed by atoms with Crippen LogP contribution in [0.25, 0.3) is 0 Å². The highest BCUT2D eigenvalue weighted by Gasteiger charge is 2.34. The van der Waals surface area contributed by atoms with E-state index in [2.05, 4.69) is 10.5 Å². The molecule has 1 aromatic carbocycles. The van der Waals surface area contributed by atoms with Crippen LogP contribution in [-0.2, 0) is 19.6 Å². The summed E-state index contributed by atoms with van der Waals surface area (Å²) in [6.45, 7) is 9.82. The second-order valence-corrected chi connectivity index (χ2v) is 14.9. The van der Waals surface area contributed by atoms with Gasteiger partial charge in [0.15, 0.2) is 5.76 Å². The Bertz CT molecular complexity index is 1430. The molecule has 2 aromatic rings.